The van der Waals surface area contributed by atoms with E-state index < -0.39 is 97.0 Å². The summed E-state index contributed by atoms with van der Waals surface area (Å²) in [5.74, 6) is -0.0388. The molecule has 0 heterocycles. The summed E-state index contributed by atoms with van der Waals surface area (Å²) in [6.45, 7) is 1.46. The number of hydrogen-bond donors (Lipinski definition) is 4. The molecular formula is C38H40B2N4O6. The van der Waals surface area contributed by atoms with Gasteiger partial charge in [0, 0.05) is 43.4 Å². The van der Waals surface area contributed by atoms with E-state index in [-0.39, 0.29) is 24.6 Å². The molecule has 0 aromatic heterocycles. The summed E-state index contributed by atoms with van der Waals surface area (Å²) in [5, 5.41) is 46.4. The molecule has 0 aliphatic rings. The fourth-order valence-corrected chi connectivity index (χ4v) is 4.81. The Balaban J connectivity index is 1.63. The lowest BCUT2D eigenvalue weighted by Crippen LogP contribution is -2.29. The fourth-order valence-electron chi connectivity index (χ4n) is 4.81. The van der Waals surface area contributed by atoms with E-state index in [0.29, 0.717) is 24.2 Å². The highest BCUT2D eigenvalue weighted by Crippen LogP contribution is 2.32. The summed E-state index contributed by atoms with van der Waals surface area (Å²) < 4.78 is 83.5. The van der Waals surface area contributed by atoms with Gasteiger partial charge in [-0.3, -0.25) is 9.80 Å². The van der Waals surface area contributed by atoms with Crippen LogP contribution in [0.4, 0.5) is 0 Å². The molecule has 0 radical (unpaired) electrons. The predicted octanol–water partition coefficient (Wildman–Crippen LogP) is 3.14. The topological polar surface area (TPSA) is 131 Å². The molecule has 12 heteroatoms. The molecule has 0 aliphatic heterocycles. The van der Waals surface area contributed by atoms with E-state index in [4.69, 9.17) is 23.4 Å². The van der Waals surface area contributed by atoms with Crippen LogP contribution in [0.3, 0.4) is 0 Å². The first-order valence-corrected chi connectivity index (χ1v) is 15.4. The van der Waals surface area contributed by atoms with Gasteiger partial charge in [-0.25, -0.2) is 0 Å². The van der Waals surface area contributed by atoms with Crippen LogP contribution >= 0.6 is 0 Å². The van der Waals surface area contributed by atoms with Gasteiger partial charge in [0.15, 0.2) is 11.5 Å². The van der Waals surface area contributed by atoms with Crippen molar-refractivity contribution in [1.29, 1.82) is 0 Å². The second-order valence-electron chi connectivity index (χ2n) is 11.3. The van der Waals surface area contributed by atoms with Gasteiger partial charge in [0.25, 0.3) is 0 Å². The Hall–Kier alpha value is -5.07. The van der Waals surface area contributed by atoms with E-state index in [0.717, 1.165) is 11.1 Å². The Bertz CT molecular complexity index is 2200. The van der Waals surface area contributed by atoms with E-state index in [2.05, 4.69) is 10.3 Å². The second-order valence-corrected chi connectivity index (χ2v) is 11.3. The molecule has 0 saturated heterocycles. The van der Waals surface area contributed by atoms with Crippen molar-refractivity contribution >= 4 is 37.5 Å². The molecule has 0 aliphatic carbocycles. The average Bonchev–Trinajstić information content (AvgIpc) is 3.19. The third-order valence-electron chi connectivity index (χ3n) is 7.12. The highest BCUT2D eigenvalue weighted by molar-refractivity contribution is 6.58. The summed E-state index contributed by atoms with van der Waals surface area (Å²) in [6, 6.07) is 16.2. The van der Waals surface area contributed by atoms with Crippen molar-refractivity contribution in [1.82, 2.24) is 9.80 Å². The Morgan fingerprint density at radius 1 is 0.600 bits per heavy atom. The van der Waals surface area contributed by atoms with E-state index in [9.17, 15) is 20.1 Å². The van der Waals surface area contributed by atoms with Crippen molar-refractivity contribution in [3.8, 4) is 11.5 Å². The minimum atomic E-state index is -2.31. The van der Waals surface area contributed by atoms with Crippen LogP contribution < -0.4 is 20.6 Å². The molecule has 0 saturated carbocycles. The third-order valence-corrected chi connectivity index (χ3v) is 7.12. The van der Waals surface area contributed by atoms with Gasteiger partial charge in [-0.15, -0.1) is 0 Å². The van der Waals surface area contributed by atoms with Gasteiger partial charge in [0.05, 0.1) is 26.1 Å². The van der Waals surface area contributed by atoms with Crippen LogP contribution in [0.2, 0.25) is 0 Å². The Labute approximate surface area is 307 Å². The van der Waals surface area contributed by atoms with E-state index in [1.54, 1.807) is 6.07 Å². The van der Waals surface area contributed by atoms with Crippen LogP contribution in [0, 0.1) is 0 Å². The number of nitrogens with zero attached hydrogens (tertiary/aromatic N) is 4. The lowest BCUT2D eigenvalue weighted by atomic mass is 9.26. The second kappa shape index (κ2) is 18.1. The molecule has 10 nitrogen and oxygen atoms in total. The summed E-state index contributed by atoms with van der Waals surface area (Å²) >= 11 is 0. The lowest BCUT2D eigenvalue weighted by molar-refractivity contribution is 0.284. The maximum absolute atomic E-state index is 9.67. The Morgan fingerprint density at radius 3 is 1.34 bits per heavy atom. The molecule has 5 aromatic rings. The number of rotatable bonds is 16. The lowest BCUT2D eigenvalue weighted by Gasteiger charge is -2.22. The third kappa shape index (κ3) is 11.0. The smallest absolute Gasteiger partial charge is 0.423 e. The number of benzene rings is 5. The quantitative estimate of drug-likeness (QED) is 0.0712. The zero-order valence-corrected chi connectivity index (χ0v) is 27.3. The highest BCUT2D eigenvalue weighted by atomic mass is 16.6. The molecule has 5 rings (SSSR count). The van der Waals surface area contributed by atoms with Crippen molar-refractivity contribution < 1.29 is 43.5 Å². The zero-order chi connectivity index (χ0) is 44.0. The molecule has 5 aromatic carbocycles. The standard InChI is InChI=1S/C38H40B2N4O6/c1-43(25-31-9-5-3-6-10-31)27-33-21-34(28-44(2)26-32-11-7-4-8-12-32)38(50-42-24-30-15-19-36(20-16-30)40(47)48)22-37(33)49-41-23-29-13-17-35(18-14-29)39(45)46/h3-24,45-48H,25-28H2,1-2H3/b41-23+,42-24+/i13D,14D,15D,16D,17D,18D,19D,20D,23D,24D,39-1,40-1. The van der Waals surface area contributed by atoms with Crippen molar-refractivity contribution in [2.24, 2.45) is 10.3 Å². The molecule has 50 heavy (non-hydrogen) atoms. The monoisotopic (exact) mass is 678 g/mol. The largest absolute Gasteiger partial charge is 0.488 e. The number of hydrogen-bond acceptors (Lipinski definition) is 10. The average molecular weight is 679 g/mol. The minimum absolute atomic E-state index is 0.0194. The highest BCUT2D eigenvalue weighted by Gasteiger charge is 2.17. The Kier molecular flexibility index (Phi) is 9.03. The molecule has 0 spiro atoms. The molecule has 0 bridgehead atoms. The van der Waals surface area contributed by atoms with Crippen LogP contribution in [-0.2, 0) is 26.2 Å². The van der Waals surface area contributed by atoms with E-state index >= 15 is 0 Å². The molecule has 0 unspecified atom stereocenters. The fraction of sp³-hybridized carbons (Fsp3) is 0.158. The number of oxime groups is 2. The van der Waals surface area contributed by atoms with Gasteiger partial charge >= 0.3 is 14.2 Å². The minimum Gasteiger partial charge on any atom is -0.423 e. The normalized spacial score (nSPS) is 14.7. The first-order valence-electron chi connectivity index (χ1n) is 20.4. The van der Waals surface area contributed by atoms with E-state index in [1.165, 1.54) is 6.07 Å². The predicted molar refractivity (Wildman–Crippen MR) is 199 cm³/mol. The Morgan fingerprint density at radius 2 is 0.980 bits per heavy atom. The maximum Gasteiger partial charge on any atom is 0.488 e. The molecule has 254 valence electrons. The molecular weight excluding hydrogens is 628 g/mol. The molecule has 0 amide bonds. The van der Waals surface area contributed by atoms with Gasteiger partial charge in [0.2, 0.25) is 0 Å². The van der Waals surface area contributed by atoms with Gasteiger partial charge in [-0.05, 0) is 53.3 Å². The molecule has 0 fully saturated rings. The SMILES string of the molecule is [2H]/C(=N\Oc1cc(O/N=C(\[2H])c2c([2H])c([2H])c([10B](O)O)c([2H])c2[2H])c(CN(C)Cc2ccccc2)cc1CN(C)Cc1ccccc1)c1c([2H])c([2H])c([10B](O)O)c([2H])c1[2H]. The van der Waals surface area contributed by atoms with Crippen molar-refractivity contribution in [3.63, 3.8) is 0 Å². The van der Waals surface area contributed by atoms with Crippen LogP contribution in [0.25, 0.3) is 0 Å². The zero-order valence-electron chi connectivity index (χ0n) is 37.3. The van der Waals surface area contributed by atoms with Crippen LogP contribution in [0.1, 0.15) is 47.1 Å². The first-order chi connectivity index (χ1) is 28.4. The van der Waals surface area contributed by atoms with Gasteiger partial charge < -0.3 is 29.8 Å². The van der Waals surface area contributed by atoms with Crippen LogP contribution in [0.5, 0.6) is 11.5 Å². The first kappa shape index (κ1) is 25.0. The van der Waals surface area contributed by atoms with Crippen molar-refractivity contribution in [3.05, 3.63) is 155 Å². The summed E-state index contributed by atoms with van der Waals surface area (Å²) in [6.07, 6.45) is -1.65. The van der Waals surface area contributed by atoms with Gasteiger partial charge in [-0.1, -0.05) is 119 Å². The van der Waals surface area contributed by atoms with Crippen LogP contribution in [0.15, 0.2) is 131 Å². The van der Waals surface area contributed by atoms with Crippen molar-refractivity contribution in [2.75, 3.05) is 14.1 Å². The summed E-state index contributed by atoms with van der Waals surface area (Å²) in [7, 11) is -0.897. The molecule has 0 atom stereocenters. The summed E-state index contributed by atoms with van der Waals surface area (Å²) in [4.78, 5) is 15.5. The maximum atomic E-state index is 9.67. The van der Waals surface area contributed by atoms with Crippen LogP contribution in [-0.4, -0.2) is 70.6 Å². The van der Waals surface area contributed by atoms with Gasteiger partial charge in [0.1, 0.15) is 0 Å². The van der Waals surface area contributed by atoms with E-state index in [1.807, 2.05) is 84.6 Å². The summed E-state index contributed by atoms with van der Waals surface area (Å²) in [5.41, 5.74) is 0.522. The van der Waals surface area contributed by atoms with Crippen molar-refractivity contribution in [2.45, 2.75) is 26.2 Å². The molecule has 4 N–H and O–H groups in total. The van der Waals surface area contributed by atoms with Gasteiger partial charge in [-0.2, -0.15) is 0 Å².